The van der Waals surface area contributed by atoms with Crippen molar-refractivity contribution >= 4 is 0 Å². The van der Waals surface area contributed by atoms with Crippen LogP contribution in [0.3, 0.4) is 0 Å². The molecule has 1 N–H and O–H groups in total. The molecule has 1 heterocycles. The van der Waals surface area contributed by atoms with E-state index in [4.69, 9.17) is 4.74 Å². The minimum atomic E-state index is 0.564. The van der Waals surface area contributed by atoms with Crippen molar-refractivity contribution in [2.45, 2.75) is 50.7 Å². The molecule has 2 rings (SSSR count). The third kappa shape index (κ3) is 2.23. The Kier molecular flexibility index (Phi) is 3.23. The molecular formula is C11H21NO. The lowest BCUT2D eigenvalue weighted by atomic mass is 9.92. The average molecular weight is 183 g/mol. The van der Waals surface area contributed by atoms with Crippen LogP contribution >= 0.6 is 0 Å². The maximum atomic E-state index is 5.85. The van der Waals surface area contributed by atoms with E-state index >= 15 is 0 Å². The first-order valence-electron chi connectivity index (χ1n) is 5.69. The Morgan fingerprint density at radius 3 is 2.62 bits per heavy atom. The number of nitrogens with one attached hydrogen (secondary N) is 1. The number of ether oxygens (including phenoxy) is 1. The topological polar surface area (TPSA) is 21.3 Å². The fourth-order valence-corrected chi connectivity index (χ4v) is 2.75. The molecule has 0 radical (unpaired) electrons. The Balaban J connectivity index is 1.84. The summed E-state index contributed by atoms with van der Waals surface area (Å²) >= 11 is 0. The predicted molar refractivity (Wildman–Crippen MR) is 53.8 cm³/mol. The maximum Gasteiger partial charge on any atom is 0.0618 e. The van der Waals surface area contributed by atoms with Crippen LogP contribution in [-0.2, 0) is 4.74 Å². The van der Waals surface area contributed by atoms with Gasteiger partial charge in [-0.2, -0.15) is 0 Å². The summed E-state index contributed by atoms with van der Waals surface area (Å²) < 4.78 is 5.85. The van der Waals surface area contributed by atoms with Crippen molar-refractivity contribution in [3.05, 3.63) is 0 Å². The average Bonchev–Trinajstić information content (AvgIpc) is 2.71. The van der Waals surface area contributed by atoms with E-state index in [0.717, 1.165) is 12.5 Å². The summed E-state index contributed by atoms with van der Waals surface area (Å²) in [5.41, 5.74) is 0. The van der Waals surface area contributed by atoms with Gasteiger partial charge in [0.2, 0.25) is 0 Å². The third-order valence-corrected chi connectivity index (χ3v) is 3.65. The van der Waals surface area contributed by atoms with Gasteiger partial charge in [0.1, 0.15) is 0 Å². The lowest BCUT2D eigenvalue weighted by Crippen LogP contribution is -2.39. The summed E-state index contributed by atoms with van der Waals surface area (Å²) in [6.07, 6.45) is 8.65. The van der Waals surface area contributed by atoms with Crippen molar-refractivity contribution in [1.29, 1.82) is 0 Å². The van der Waals surface area contributed by atoms with Crippen LogP contribution in [-0.4, -0.2) is 25.8 Å². The summed E-state index contributed by atoms with van der Waals surface area (Å²) in [5.74, 6) is 0.871. The summed E-state index contributed by atoms with van der Waals surface area (Å²) in [5, 5.41) is 3.38. The second-order valence-electron chi connectivity index (χ2n) is 4.46. The molecular weight excluding hydrogens is 162 g/mol. The monoisotopic (exact) mass is 183 g/mol. The molecule has 0 aromatic rings. The van der Waals surface area contributed by atoms with Gasteiger partial charge in [-0.25, -0.2) is 0 Å². The molecule has 2 nitrogen and oxygen atoms in total. The highest BCUT2D eigenvalue weighted by atomic mass is 16.5. The molecule has 2 aliphatic rings. The number of hydrogen-bond donors (Lipinski definition) is 1. The summed E-state index contributed by atoms with van der Waals surface area (Å²) in [6, 6.07) is 0.708. The number of hydrogen-bond acceptors (Lipinski definition) is 2. The van der Waals surface area contributed by atoms with E-state index in [9.17, 15) is 0 Å². The molecule has 1 saturated carbocycles. The van der Waals surface area contributed by atoms with Crippen LogP contribution in [0.1, 0.15) is 38.5 Å². The zero-order valence-corrected chi connectivity index (χ0v) is 8.59. The van der Waals surface area contributed by atoms with Gasteiger partial charge in [0.25, 0.3) is 0 Å². The first-order valence-corrected chi connectivity index (χ1v) is 5.69. The van der Waals surface area contributed by atoms with Crippen LogP contribution in [0.2, 0.25) is 0 Å². The SMILES string of the molecule is CNC1CCOC(C2CCCC2)C1. The van der Waals surface area contributed by atoms with Crippen LogP contribution in [0, 0.1) is 5.92 Å². The maximum absolute atomic E-state index is 5.85. The molecule has 0 bridgehead atoms. The van der Waals surface area contributed by atoms with Gasteiger partial charge in [-0.1, -0.05) is 12.8 Å². The number of rotatable bonds is 2. The van der Waals surface area contributed by atoms with E-state index < -0.39 is 0 Å². The zero-order valence-electron chi connectivity index (χ0n) is 8.59. The molecule has 2 unspecified atom stereocenters. The van der Waals surface area contributed by atoms with Gasteiger partial charge < -0.3 is 10.1 Å². The first-order chi connectivity index (χ1) is 6.40. The Hall–Kier alpha value is -0.0800. The molecule has 76 valence electrons. The van der Waals surface area contributed by atoms with Crippen molar-refractivity contribution < 1.29 is 4.74 Å². The highest BCUT2D eigenvalue weighted by Gasteiger charge is 2.30. The molecule has 13 heavy (non-hydrogen) atoms. The van der Waals surface area contributed by atoms with Gasteiger partial charge in [-0.3, -0.25) is 0 Å². The normalized spacial score (nSPS) is 36.7. The van der Waals surface area contributed by atoms with Crippen LogP contribution in [0.15, 0.2) is 0 Å². The smallest absolute Gasteiger partial charge is 0.0618 e. The van der Waals surface area contributed by atoms with Gasteiger partial charge in [-0.05, 0) is 38.6 Å². The van der Waals surface area contributed by atoms with Gasteiger partial charge in [-0.15, -0.1) is 0 Å². The lowest BCUT2D eigenvalue weighted by molar-refractivity contribution is -0.0302. The van der Waals surface area contributed by atoms with Crippen molar-refractivity contribution in [3.63, 3.8) is 0 Å². The molecule has 0 aromatic heterocycles. The molecule has 1 saturated heterocycles. The van der Waals surface area contributed by atoms with Crippen molar-refractivity contribution in [1.82, 2.24) is 5.32 Å². The standard InChI is InChI=1S/C11H21NO/c1-12-10-6-7-13-11(8-10)9-4-2-3-5-9/h9-12H,2-8H2,1H3. The quantitative estimate of drug-likeness (QED) is 0.706. The molecule has 0 spiro atoms. The molecule has 2 atom stereocenters. The van der Waals surface area contributed by atoms with Gasteiger partial charge >= 0.3 is 0 Å². The minimum Gasteiger partial charge on any atom is -0.378 e. The Bertz CT molecular complexity index is 154. The van der Waals surface area contributed by atoms with Crippen LogP contribution in [0.4, 0.5) is 0 Å². The highest BCUT2D eigenvalue weighted by molar-refractivity contribution is 4.83. The molecule has 0 amide bonds. The second-order valence-corrected chi connectivity index (χ2v) is 4.46. The Labute approximate surface area is 81.0 Å². The van der Waals surface area contributed by atoms with E-state index in [-0.39, 0.29) is 0 Å². The zero-order chi connectivity index (χ0) is 9.10. The molecule has 2 fully saturated rings. The van der Waals surface area contributed by atoms with E-state index in [0.29, 0.717) is 12.1 Å². The van der Waals surface area contributed by atoms with Crippen LogP contribution < -0.4 is 5.32 Å². The summed E-state index contributed by atoms with van der Waals surface area (Å²) in [7, 11) is 2.07. The van der Waals surface area contributed by atoms with Crippen LogP contribution in [0.5, 0.6) is 0 Å². The minimum absolute atomic E-state index is 0.564. The van der Waals surface area contributed by atoms with Crippen molar-refractivity contribution in [2.24, 2.45) is 5.92 Å². The van der Waals surface area contributed by atoms with E-state index in [1.165, 1.54) is 38.5 Å². The lowest BCUT2D eigenvalue weighted by Gasteiger charge is -2.32. The molecule has 1 aliphatic carbocycles. The molecule has 1 aliphatic heterocycles. The largest absolute Gasteiger partial charge is 0.378 e. The van der Waals surface area contributed by atoms with Crippen LogP contribution in [0.25, 0.3) is 0 Å². The van der Waals surface area contributed by atoms with E-state index in [1.54, 1.807) is 0 Å². The van der Waals surface area contributed by atoms with Gasteiger partial charge in [0.05, 0.1) is 6.10 Å². The van der Waals surface area contributed by atoms with E-state index in [2.05, 4.69) is 12.4 Å². The first kappa shape index (κ1) is 9.47. The van der Waals surface area contributed by atoms with Gasteiger partial charge in [0, 0.05) is 12.6 Å². The summed E-state index contributed by atoms with van der Waals surface area (Å²) in [4.78, 5) is 0. The van der Waals surface area contributed by atoms with E-state index in [1.807, 2.05) is 0 Å². The van der Waals surface area contributed by atoms with Gasteiger partial charge in [0.15, 0.2) is 0 Å². The molecule has 0 aromatic carbocycles. The Morgan fingerprint density at radius 2 is 1.92 bits per heavy atom. The second kappa shape index (κ2) is 4.43. The van der Waals surface area contributed by atoms with Crippen molar-refractivity contribution in [2.75, 3.05) is 13.7 Å². The fourth-order valence-electron chi connectivity index (χ4n) is 2.75. The Morgan fingerprint density at radius 1 is 1.15 bits per heavy atom. The third-order valence-electron chi connectivity index (χ3n) is 3.65. The fraction of sp³-hybridized carbons (Fsp3) is 1.00. The molecule has 2 heteroatoms. The highest BCUT2D eigenvalue weighted by Crippen LogP contribution is 2.33. The van der Waals surface area contributed by atoms with Crippen molar-refractivity contribution in [3.8, 4) is 0 Å². The summed E-state index contributed by atoms with van der Waals surface area (Å²) in [6.45, 7) is 0.965. The predicted octanol–water partition coefficient (Wildman–Crippen LogP) is 1.94.